The van der Waals surface area contributed by atoms with Crippen LogP contribution in [-0.2, 0) is 14.3 Å². The van der Waals surface area contributed by atoms with E-state index in [2.05, 4.69) is 0 Å². The van der Waals surface area contributed by atoms with Crippen LogP contribution in [0.15, 0.2) is 0 Å². The molecule has 0 aromatic rings. The Morgan fingerprint density at radius 1 is 1.35 bits per heavy atom. The van der Waals surface area contributed by atoms with Gasteiger partial charge < -0.3 is 14.4 Å². The summed E-state index contributed by atoms with van der Waals surface area (Å²) in [6.07, 6.45) is 1.08. The van der Waals surface area contributed by atoms with Gasteiger partial charge in [-0.2, -0.15) is 0 Å². The molecule has 0 atom stereocenters. The molecule has 2 heterocycles. The topological polar surface area (TPSA) is 55.8 Å². The third kappa shape index (κ3) is 2.37. The van der Waals surface area contributed by atoms with Crippen molar-refractivity contribution in [1.82, 2.24) is 4.90 Å². The van der Waals surface area contributed by atoms with Crippen LogP contribution in [-0.4, -0.2) is 42.3 Å². The van der Waals surface area contributed by atoms with Crippen molar-refractivity contribution in [1.29, 1.82) is 0 Å². The van der Waals surface area contributed by atoms with Gasteiger partial charge in [0.1, 0.15) is 17.6 Å². The van der Waals surface area contributed by atoms with Crippen molar-refractivity contribution in [2.24, 2.45) is 5.41 Å². The maximum Gasteiger partial charge on any atom is 0.410 e. The van der Waals surface area contributed by atoms with Gasteiger partial charge in [0.2, 0.25) is 0 Å². The standard InChI is InChI=1S/C12H19NO4/c1-11(2,3)17-10(15)13-6-4-12(5-7-13)8-16-9(12)14/h4-8H2,1-3H3. The smallest absolute Gasteiger partial charge is 0.410 e. The first-order valence-corrected chi connectivity index (χ1v) is 5.98. The van der Waals surface area contributed by atoms with E-state index in [1.807, 2.05) is 20.8 Å². The van der Waals surface area contributed by atoms with Crippen LogP contribution in [0.4, 0.5) is 4.79 Å². The SMILES string of the molecule is CC(C)(C)OC(=O)N1CCC2(CC1)COC2=O. The molecule has 0 radical (unpaired) electrons. The lowest BCUT2D eigenvalue weighted by molar-refractivity contribution is -0.191. The number of cyclic esters (lactones) is 1. The van der Waals surface area contributed by atoms with E-state index in [9.17, 15) is 9.59 Å². The number of esters is 1. The minimum Gasteiger partial charge on any atom is -0.464 e. The second-order valence-electron chi connectivity index (χ2n) is 5.82. The van der Waals surface area contributed by atoms with Crippen LogP contribution in [0.1, 0.15) is 33.6 Å². The molecular formula is C12H19NO4. The number of ether oxygens (including phenoxy) is 2. The van der Waals surface area contributed by atoms with Crippen LogP contribution >= 0.6 is 0 Å². The van der Waals surface area contributed by atoms with Crippen molar-refractivity contribution in [2.45, 2.75) is 39.2 Å². The van der Waals surface area contributed by atoms with E-state index >= 15 is 0 Å². The number of hydrogen-bond acceptors (Lipinski definition) is 4. The Morgan fingerprint density at radius 3 is 2.29 bits per heavy atom. The normalized spacial score (nSPS) is 23.0. The van der Waals surface area contributed by atoms with Crippen LogP contribution in [0.5, 0.6) is 0 Å². The molecule has 0 aromatic carbocycles. The Kier molecular flexibility index (Phi) is 2.79. The molecule has 1 amide bonds. The molecule has 2 rings (SSSR count). The summed E-state index contributed by atoms with van der Waals surface area (Å²) in [6.45, 7) is 7.20. The first-order chi connectivity index (χ1) is 7.82. The van der Waals surface area contributed by atoms with Crippen LogP contribution in [0.2, 0.25) is 0 Å². The predicted octanol–water partition coefficient (Wildman–Crippen LogP) is 1.56. The van der Waals surface area contributed by atoms with Gasteiger partial charge in [-0.05, 0) is 33.6 Å². The van der Waals surface area contributed by atoms with Crippen molar-refractivity contribution in [3.8, 4) is 0 Å². The zero-order valence-corrected chi connectivity index (χ0v) is 10.6. The summed E-state index contributed by atoms with van der Waals surface area (Å²) in [5.41, 5.74) is -0.778. The van der Waals surface area contributed by atoms with Crippen molar-refractivity contribution in [3.05, 3.63) is 0 Å². The summed E-state index contributed by atoms with van der Waals surface area (Å²) in [7, 11) is 0. The quantitative estimate of drug-likeness (QED) is 0.604. The van der Waals surface area contributed by atoms with E-state index < -0.39 is 5.60 Å². The van der Waals surface area contributed by atoms with Gasteiger partial charge in [-0.3, -0.25) is 4.79 Å². The monoisotopic (exact) mass is 241 g/mol. The van der Waals surface area contributed by atoms with Gasteiger partial charge in [0.05, 0.1) is 0 Å². The molecule has 2 aliphatic heterocycles. The molecule has 0 saturated carbocycles. The fourth-order valence-electron chi connectivity index (χ4n) is 2.13. The molecule has 5 heteroatoms. The summed E-state index contributed by atoms with van der Waals surface area (Å²) < 4.78 is 10.1. The highest BCUT2D eigenvalue weighted by atomic mass is 16.6. The average molecular weight is 241 g/mol. The van der Waals surface area contributed by atoms with Gasteiger partial charge in [-0.1, -0.05) is 0 Å². The van der Waals surface area contributed by atoms with Gasteiger partial charge in [0.15, 0.2) is 0 Å². The largest absolute Gasteiger partial charge is 0.464 e. The molecule has 2 aliphatic rings. The summed E-state index contributed by atoms with van der Waals surface area (Å²) in [5, 5.41) is 0. The van der Waals surface area contributed by atoms with E-state index in [0.29, 0.717) is 32.5 Å². The Balaban J connectivity index is 1.87. The van der Waals surface area contributed by atoms with Gasteiger partial charge in [-0.15, -0.1) is 0 Å². The van der Waals surface area contributed by atoms with Crippen molar-refractivity contribution >= 4 is 12.1 Å². The van der Waals surface area contributed by atoms with Gasteiger partial charge in [0, 0.05) is 13.1 Å². The number of piperidine rings is 1. The number of carbonyl (C=O) groups excluding carboxylic acids is 2. The van der Waals surface area contributed by atoms with Crippen molar-refractivity contribution in [2.75, 3.05) is 19.7 Å². The molecule has 1 spiro atoms. The number of hydrogen-bond donors (Lipinski definition) is 0. The number of amides is 1. The Labute approximate surface area is 101 Å². The fourth-order valence-corrected chi connectivity index (χ4v) is 2.13. The predicted molar refractivity (Wildman–Crippen MR) is 60.4 cm³/mol. The lowest BCUT2D eigenvalue weighted by Crippen LogP contribution is -2.55. The fraction of sp³-hybridized carbons (Fsp3) is 0.833. The minimum absolute atomic E-state index is 0.110. The molecule has 2 fully saturated rings. The second-order valence-corrected chi connectivity index (χ2v) is 5.82. The minimum atomic E-state index is -0.471. The summed E-state index contributed by atoms with van der Waals surface area (Å²) in [5.74, 6) is -0.110. The number of nitrogens with zero attached hydrogens (tertiary/aromatic N) is 1. The maximum atomic E-state index is 11.8. The number of carbonyl (C=O) groups is 2. The van der Waals surface area contributed by atoms with Gasteiger partial charge in [-0.25, -0.2) is 4.79 Å². The van der Waals surface area contributed by atoms with E-state index in [1.54, 1.807) is 4.90 Å². The number of rotatable bonds is 0. The molecule has 96 valence electrons. The average Bonchev–Trinajstić information content (AvgIpc) is 2.25. The molecule has 0 N–H and O–H groups in total. The zero-order valence-electron chi connectivity index (χ0n) is 10.6. The molecule has 0 aliphatic carbocycles. The van der Waals surface area contributed by atoms with Crippen LogP contribution in [0.25, 0.3) is 0 Å². The third-order valence-electron chi connectivity index (χ3n) is 3.28. The summed E-state index contributed by atoms with van der Waals surface area (Å²) in [6, 6.07) is 0. The highest BCUT2D eigenvalue weighted by Gasteiger charge is 2.51. The highest BCUT2D eigenvalue weighted by molar-refractivity contribution is 5.82. The van der Waals surface area contributed by atoms with Gasteiger partial charge >= 0.3 is 12.1 Å². The molecular weight excluding hydrogens is 222 g/mol. The van der Waals surface area contributed by atoms with Crippen molar-refractivity contribution in [3.63, 3.8) is 0 Å². The molecule has 17 heavy (non-hydrogen) atoms. The van der Waals surface area contributed by atoms with E-state index in [-0.39, 0.29) is 17.5 Å². The lowest BCUT2D eigenvalue weighted by Gasteiger charge is -2.44. The van der Waals surface area contributed by atoms with Crippen LogP contribution in [0.3, 0.4) is 0 Å². The van der Waals surface area contributed by atoms with E-state index in [1.165, 1.54) is 0 Å². The molecule has 5 nitrogen and oxygen atoms in total. The Bertz CT molecular complexity index is 337. The molecule has 0 bridgehead atoms. The second kappa shape index (κ2) is 3.89. The molecule has 0 unspecified atom stereocenters. The molecule has 0 aromatic heterocycles. The van der Waals surface area contributed by atoms with Crippen LogP contribution in [0, 0.1) is 5.41 Å². The Morgan fingerprint density at radius 2 is 1.94 bits per heavy atom. The van der Waals surface area contributed by atoms with E-state index in [0.717, 1.165) is 0 Å². The molecule has 2 saturated heterocycles. The Hall–Kier alpha value is -1.26. The third-order valence-corrected chi connectivity index (χ3v) is 3.28. The summed E-state index contributed by atoms with van der Waals surface area (Å²) >= 11 is 0. The zero-order chi connectivity index (χ0) is 12.7. The lowest BCUT2D eigenvalue weighted by atomic mass is 9.76. The first kappa shape index (κ1) is 12.2. The highest BCUT2D eigenvalue weighted by Crippen LogP contribution is 2.39. The summed E-state index contributed by atoms with van der Waals surface area (Å²) in [4.78, 5) is 24.8. The van der Waals surface area contributed by atoms with E-state index in [4.69, 9.17) is 9.47 Å². The number of likely N-dealkylation sites (tertiary alicyclic amines) is 1. The van der Waals surface area contributed by atoms with Crippen LogP contribution < -0.4 is 0 Å². The van der Waals surface area contributed by atoms with Crippen molar-refractivity contribution < 1.29 is 19.1 Å². The van der Waals surface area contributed by atoms with Gasteiger partial charge in [0.25, 0.3) is 0 Å². The maximum absolute atomic E-state index is 11.8. The first-order valence-electron chi connectivity index (χ1n) is 5.98.